The van der Waals surface area contributed by atoms with Crippen molar-refractivity contribution in [3.8, 4) is 0 Å². The molecule has 2 aliphatic heterocycles. The summed E-state index contributed by atoms with van der Waals surface area (Å²) in [6.45, 7) is 10.3. The van der Waals surface area contributed by atoms with Gasteiger partial charge in [-0.05, 0) is 44.9 Å². The maximum absolute atomic E-state index is 6.08. The smallest absolute Gasteiger partial charge is 0.0759 e. The van der Waals surface area contributed by atoms with Crippen LogP contribution in [0.1, 0.15) is 52.9 Å². The molecule has 1 N–H and O–H groups in total. The molecular formula is C16H30N2O. The van der Waals surface area contributed by atoms with Gasteiger partial charge >= 0.3 is 0 Å². The molecule has 3 aliphatic rings. The Kier molecular flexibility index (Phi) is 3.89. The lowest BCUT2D eigenvalue weighted by molar-refractivity contribution is -0.00482. The molecule has 0 radical (unpaired) electrons. The van der Waals surface area contributed by atoms with Crippen molar-refractivity contribution in [2.45, 2.75) is 76.6 Å². The summed E-state index contributed by atoms with van der Waals surface area (Å²) in [5.41, 5.74) is 0.294. The van der Waals surface area contributed by atoms with Crippen molar-refractivity contribution in [2.75, 3.05) is 19.7 Å². The Morgan fingerprint density at radius 3 is 2.68 bits per heavy atom. The number of hydrogen-bond donors (Lipinski definition) is 1. The van der Waals surface area contributed by atoms with Crippen LogP contribution >= 0.6 is 0 Å². The van der Waals surface area contributed by atoms with Gasteiger partial charge in [0, 0.05) is 37.3 Å². The summed E-state index contributed by atoms with van der Waals surface area (Å²) in [5, 5.41) is 3.78. The zero-order valence-corrected chi connectivity index (χ0v) is 12.8. The Hall–Kier alpha value is -0.120. The number of rotatable bonds is 4. The molecule has 110 valence electrons. The fraction of sp³-hybridized carbons (Fsp3) is 1.00. The monoisotopic (exact) mass is 266 g/mol. The second-order valence-corrected chi connectivity index (χ2v) is 7.06. The van der Waals surface area contributed by atoms with Crippen molar-refractivity contribution in [1.82, 2.24) is 10.2 Å². The van der Waals surface area contributed by atoms with Crippen LogP contribution in [0.3, 0.4) is 0 Å². The lowest BCUT2D eigenvalue weighted by Gasteiger charge is -2.49. The zero-order chi connectivity index (χ0) is 13.5. The molecule has 2 heterocycles. The lowest BCUT2D eigenvalue weighted by Crippen LogP contribution is -2.65. The Bertz CT molecular complexity index is 318. The van der Waals surface area contributed by atoms with Gasteiger partial charge in [-0.25, -0.2) is 0 Å². The molecule has 0 bridgehead atoms. The predicted molar refractivity (Wildman–Crippen MR) is 78.4 cm³/mol. The molecule has 19 heavy (non-hydrogen) atoms. The van der Waals surface area contributed by atoms with Crippen LogP contribution in [0, 0.1) is 5.92 Å². The average Bonchev–Trinajstić information content (AvgIpc) is 3.16. The lowest BCUT2D eigenvalue weighted by atomic mass is 9.89. The van der Waals surface area contributed by atoms with Gasteiger partial charge in [-0.3, -0.25) is 4.90 Å². The summed E-state index contributed by atoms with van der Waals surface area (Å²) >= 11 is 0. The maximum atomic E-state index is 6.08. The molecule has 0 aromatic heterocycles. The second kappa shape index (κ2) is 5.34. The van der Waals surface area contributed by atoms with Crippen LogP contribution in [0.5, 0.6) is 0 Å². The summed E-state index contributed by atoms with van der Waals surface area (Å²) < 4.78 is 6.08. The van der Waals surface area contributed by atoms with Gasteiger partial charge < -0.3 is 10.1 Å². The topological polar surface area (TPSA) is 24.5 Å². The third kappa shape index (κ3) is 2.70. The Morgan fingerprint density at radius 2 is 2.05 bits per heavy atom. The molecule has 0 spiro atoms. The number of nitrogens with one attached hydrogen (secondary N) is 1. The van der Waals surface area contributed by atoms with Crippen molar-refractivity contribution >= 4 is 0 Å². The van der Waals surface area contributed by atoms with E-state index in [9.17, 15) is 0 Å². The van der Waals surface area contributed by atoms with Gasteiger partial charge in [-0.2, -0.15) is 0 Å². The highest BCUT2D eigenvalue weighted by Gasteiger charge is 2.47. The molecule has 1 saturated carbocycles. The van der Waals surface area contributed by atoms with Gasteiger partial charge in [0.1, 0.15) is 0 Å². The third-order valence-corrected chi connectivity index (χ3v) is 5.63. The first-order chi connectivity index (χ1) is 9.17. The minimum atomic E-state index is 0.294. The highest BCUT2D eigenvalue weighted by Crippen LogP contribution is 2.41. The average molecular weight is 266 g/mol. The number of ether oxygens (including phenoxy) is 1. The van der Waals surface area contributed by atoms with Crippen molar-refractivity contribution in [2.24, 2.45) is 5.92 Å². The molecule has 3 nitrogen and oxygen atoms in total. The molecule has 3 heteroatoms. The van der Waals surface area contributed by atoms with Crippen LogP contribution < -0.4 is 5.32 Å². The zero-order valence-electron chi connectivity index (χ0n) is 12.8. The van der Waals surface area contributed by atoms with Crippen molar-refractivity contribution in [3.05, 3.63) is 0 Å². The number of nitrogens with zero attached hydrogens (tertiary/aromatic N) is 1. The first kappa shape index (κ1) is 13.8. The quantitative estimate of drug-likeness (QED) is 0.845. The second-order valence-electron chi connectivity index (χ2n) is 7.06. The Morgan fingerprint density at radius 1 is 1.26 bits per heavy atom. The Labute approximate surface area is 118 Å². The van der Waals surface area contributed by atoms with Gasteiger partial charge in [0.05, 0.1) is 6.10 Å². The van der Waals surface area contributed by atoms with Crippen LogP contribution in [-0.4, -0.2) is 48.3 Å². The molecule has 0 amide bonds. The SMILES string of the molecule is CCC1CNC(C)(CC)CN1C1CCOC1C1CC1. The summed E-state index contributed by atoms with van der Waals surface area (Å²) in [6.07, 6.45) is 7.04. The first-order valence-corrected chi connectivity index (χ1v) is 8.29. The molecule has 1 aliphatic carbocycles. The van der Waals surface area contributed by atoms with E-state index in [0.717, 1.165) is 19.1 Å². The fourth-order valence-electron chi connectivity index (χ4n) is 3.90. The molecule has 3 rings (SSSR count). The molecule has 2 saturated heterocycles. The van der Waals surface area contributed by atoms with E-state index < -0.39 is 0 Å². The summed E-state index contributed by atoms with van der Waals surface area (Å²) in [6, 6.07) is 1.39. The molecule has 4 atom stereocenters. The number of piperazine rings is 1. The van der Waals surface area contributed by atoms with Crippen LogP contribution in [0.25, 0.3) is 0 Å². The number of hydrogen-bond acceptors (Lipinski definition) is 3. The third-order valence-electron chi connectivity index (χ3n) is 5.63. The first-order valence-electron chi connectivity index (χ1n) is 8.29. The maximum Gasteiger partial charge on any atom is 0.0759 e. The molecule has 0 aromatic carbocycles. The summed E-state index contributed by atoms with van der Waals surface area (Å²) in [7, 11) is 0. The van der Waals surface area contributed by atoms with Crippen molar-refractivity contribution in [1.29, 1.82) is 0 Å². The van der Waals surface area contributed by atoms with Gasteiger partial charge in [0.2, 0.25) is 0 Å². The highest BCUT2D eigenvalue weighted by atomic mass is 16.5. The Balaban J connectivity index is 1.74. The van der Waals surface area contributed by atoms with Crippen LogP contribution in [0.4, 0.5) is 0 Å². The van der Waals surface area contributed by atoms with E-state index in [-0.39, 0.29) is 0 Å². The van der Waals surface area contributed by atoms with E-state index in [2.05, 4.69) is 31.0 Å². The standard InChI is InChI=1S/C16H30N2O/c1-4-13-10-17-16(3,5-2)11-18(13)14-8-9-19-15(14)12-6-7-12/h12-15,17H,4-11H2,1-3H3. The molecule has 3 fully saturated rings. The van der Waals surface area contributed by atoms with E-state index in [4.69, 9.17) is 4.74 Å². The van der Waals surface area contributed by atoms with E-state index in [1.54, 1.807) is 0 Å². The van der Waals surface area contributed by atoms with Gasteiger partial charge in [0.25, 0.3) is 0 Å². The normalized spacial score (nSPS) is 44.7. The van der Waals surface area contributed by atoms with E-state index in [0.29, 0.717) is 23.7 Å². The van der Waals surface area contributed by atoms with E-state index in [1.807, 2.05) is 0 Å². The van der Waals surface area contributed by atoms with E-state index in [1.165, 1.54) is 38.6 Å². The van der Waals surface area contributed by atoms with Crippen molar-refractivity contribution < 1.29 is 4.74 Å². The highest BCUT2D eigenvalue weighted by molar-refractivity contribution is 5.02. The summed E-state index contributed by atoms with van der Waals surface area (Å²) in [4.78, 5) is 2.80. The van der Waals surface area contributed by atoms with Gasteiger partial charge in [-0.15, -0.1) is 0 Å². The van der Waals surface area contributed by atoms with Crippen LogP contribution in [0.2, 0.25) is 0 Å². The van der Waals surface area contributed by atoms with Gasteiger partial charge in [0.15, 0.2) is 0 Å². The predicted octanol–water partition coefficient (Wildman–Crippen LogP) is 2.41. The molecular weight excluding hydrogens is 236 g/mol. The van der Waals surface area contributed by atoms with Gasteiger partial charge in [-0.1, -0.05) is 13.8 Å². The molecule has 0 aromatic rings. The minimum Gasteiger partial charge on any atom is -0.376 e. The molecule has 4 unspecified atom stereocenters. The van der Waals surface area contributed by atoms with Crippen molar-refractivity contribution in [3.63, 3.8) is 0 Å². The van der Waals surface area contributed by atoms with Crippen LogP contribution in [-0.2, 0) is 4.74 Å². The van der Waals surface area contributed by atoms with E-state index >= 15 is 0 Å². The minimum absolute atomic E-state index is 0.294. The summed E-state index contributed by atoms with van der Waals surface area (Å²) in [5.74, 6) is 0.868. The largest absolute Gasteiger partial charge is 0.376 e. The fourth-order valence-corrected chi connectivity index (χ4v) is 3.90. The van der Waals surface area contributed by atoms with Crippen LogP contribution in [0.15, 0.2) is 0 Å².